The van der Waals surface area contributed by atoms with Crippen LogP contribution < -0.4 is 0 Å². The highest BCUT2D eigenvalue weighted by atomic mass is 79.9. The average Bonchev–Trinajstić information content (AvgIpc) is 2.61. The zero-order chi connectivity index (χ0) is 13.0. The molecule has 0 nitrogen and oxygen atoms in total. The first-order chi connectivity index (χ1) is 7.69. The summed E-state index contributed by atoms with van der Waals surface area (Å²) in [6, 6.07) is 3.64. The topological polar surface area (TPSA) is 0 Å². The lowest BCUT2D eigenvalue weighted by Gasteiger charge is -2.13. The van der Waals surface area contributed by atoms with Gasteiger partial charge in [-0.15, -0.1) is 0 Å². The highest BCUT2D eigenvalue weighted by molar-refractivity contribution is 9.09. The minimum Gasteiger partial charge on any atom is -0.207 e. The Hall–Kier alpha value is -0.440. The van der Waals surface area contributed by atoms with E-state index in [-0.39, 0.29) is 27.3 Å². The van der Waals surface area contributed by atoms with Crippen molar-refractivity contribution >= 4 is 15.9 Å². The van der Waals surface area contributed by atoms with Crippen molar-refractivity contribution in [2.75, 3.05) is 0 Å². The van der Waals surface area contributed by atoms with Gasteiger partial charge in [0.15, 0.2) is 0 Å². The van der Waals surface area contributed by atoms with Crippen LogP contribution in [0.25, 0.3) is 0 Å². The second-order valence-corrected chi connectivity index (χ2v) is 6.98. The van der Waals surface area contributed by atoms with Crippen LogP contribution in [0.4, 0.5) is 8.78 Å². The molecule has 1 atom stereocenters. The van der Waals surface area contributed by atoms with Crippen molar-refractivity contribution in [3.05, 3.63) is 35.4 Å². The summed E-state index contributed by atoms with van der Waals surface area (Å²) in [5.41, 5.74) is 0.702. The normalized spacial score (nSPS) is 23.5. The van der Waals surface area contributed by atoms with Crippen LogP contribution >= 0.6 is 15.9 Å². The summed E-state index contributed by atoms with van der Waals surface area (Å²) < 4.78 is 26.9. The third-order valence-electron chi connectivity index (χ3n) is 4.68. The summed E-state index contributed by atoms with van der Waals surface area (Å²) in [6.45, 7) is 8.68. The average molecular weight is 303 g/mol. The smallest absolute Gasteiger partial charge is 0.127 e. The van der Waals surface area contributed by atoms with Crippen LogP contribution in [0.3, 0.4) is 0 Å². The molecule has 0 N–H and O–H groups in total. The SMILES string of the molecule is CC1(C)C(C(Br)c2cc(F)ccc2F)C1(C)C. The highest BCUT2D eigenvalue weighted by Gasteiger charge is 2.67. The van der Waals surface area contributed by atoms with Crippen molar-refractivity contribution in [2.24, 2.45) is 16.7 Å². The van der Waals surface area contributed by atoms with Gasteiger partial charge in [-0.3, -0.25) is 0 Å². The second kappa shape index (κ2) is 3.78. The Morgan fingerprint density at radius 1 is 1.12 bits per heavy atom. The first-order valence-electron chi connectivity index (χ1n) is 5.78. The van der Waals surface area contributed by atoms with Gasteiger partial charge in [-0.05, 0) is 34.9 Å². The quantitative estimate of drug-likeness (QED) is 0.668. The minimum absolute atomic E-state index is 0.136. The van der Waals surface area contributed by atoms with Crippen molar-refractivity contribution in [3.8, 4) is 0 Å². The minimum atomic E-state index is -0.387. The fourth-order valence-corrected chi connectivity index (χ4v) is 4.56. The maximum atomic E-state index is 13.7. The van der Waals surface area contributed by atoms with E-state index in [0.717, 1.165) is 6.07 Å². The van der Waals surface area contributed by atoms with Crippen LogP contribution in [-0.2, 0) is 0 Å². The molecule has 0 bridgehead atoms. The Morgan fingerprint density at radius 2 is 1.65 bits per heavy atom. The largest absolute Gasteiger partial charge is 0.207 e. The van der Waals surface area contributed by atoms with Crippen molar-refractivity contribution in [2.45, 2.75) is 32.5 Å². The summed E-state index contributed by atoms with van der Waals surface area (Å²) in [4.78, 5) is -0.136. The number of benzene rings is 1. The summed E-state index contributed by atoms with van der Waals surface area (Å²) in [5, 5.41) is 0. The number of rotatable bonds is 2. The molecule has 94 valence electrons. The molecular weight excluding hydrogens is 286 g/mol. The van der Waals surface area contributed by atoms with Crippen molar-refractivity contribution in [1.29, 1.82) is 0 Å². The molecule has 1 saturated carbocycles. The fraction of sp³-hybridized carbons (Fsp3) is 0.571. The predicted octanol–water partition coefficient (Wildman–Crippen LogP) is 5.08. The summed E-state index contributed by atoms with van der Waals surface area (Å²) in [7, 11) is 0. The molecule has 1 aliphatic carbocycles. The lowest BCUT2D eigenvalue weighted by molar-refractivity contribution is 0.457. The Balaban J connectivity index is 2.34. The molecule has 0 amide bonds. The Labute approximate surface area is 110 Å². The maximum Gasteiger partial charge on any atom is 0.127 e. The molecule has 17 heavy (non-hydrogen) atoms. The van der Waals surface area contributed by atoms with E-state index < -0.39 is 0 Å². The zero-order valence-corrected chi connectivity index (χ0v) is 12.1. The molecule has 2 rings (SSSR count). The van der Waals surface area contributed by atoms with Gasteiger partial charge in [-0.25, -0.2) is 8.78 Å². The summed E-state index contributed by atoms with van der Waals surface area (Å²) >= 11 is 3.54. The third kappa shape index (κ3) is 1.83. The number of halogens is 3. The monoisotopic (exact) mass is 302 g/mol. The van der Waals surface area contributed by atoms with Crippen LogP contribution in [0.1, 0.15) is 38.1 Å². The standard InChI is InChI=1S/C14H17BrF2/c1-13(2)12(14(13,3)4)11(15)9-7-8(16)5-6-10(9)17/h5-7,11-12H,1-4H3. The zero-order valence-electron chi connectivity index (χ0n) is 10.5. The number of hydrogen-bond acceptors (Lipinski definition) is 0. The van der Waals surface area contributed by atoms with Crippen LogP contribution in [0, 0.1) is 28.4 Å². The molecule has 0 aliphatic heterocycles. The third-order valence-corrected chi connectivity index (χ3v) is 5.70. The van der Waals surface area contributed by atoms with Gasteiger partial charge in [0.2, 0.25) is 0 Å². The van der Waals surface area contributed by atoms with Crippen molar-refractivity contribution < 1.29 is 8.78 Å². The first kappa shape index (κ1) is 13.0. The van der Waals surface area contributed by atoms with E-state index in [0.29, 0.717) is 11.5 Å². The van der Waals surface area contributed by atoms with E-state index in [4.69, 9.17) is 0 Å². The van der Waals surface area contributed by atoms with E-state index in [9.17, 15) is 8.78 Å². The van der Waals surface area contributed by atoms with E-state index in [1.807, 2.05) is 0 Å². The van der Waals surface area contributed by atoms with Gasteiger partial charge >= 0.3 is 0 Å². The molecule has 1 unspecified atom stereocenters. The maximum absolute atomic E-state index is 13.7. The molecule has 0 aromatic heterocycles. The van der Waals surface area contributed by atoms with Crippen LogP contribution in [0.2, 0.25) is 0 Å². The lowest BCUT2D eigenvalue weighted by Crippen LogP contribution is -2.02. The van der Waals surface area contributed by atoms with Crippen molar-refractivity contribution in [1.82, 2.24) is 0 Å². The molecule has 1 fully saturated rings. The van der Waals surface area contributed by atoms with E-state index in [2.05, 4.69) is 43.6 Å². The fourth-order valence-electron chi connectivity index (χ4n) is 2.88. The number of hydrogen-bond donors (Lipinski definition) is 0. The Kier molecular flexibility index (Phi) is 2.89. The summed E-state index contributed by atoms with van der Waals surface area (Å²) in [6.07, 6.45) is 0. The molecule has 0 spiro atoms. The molecule has 1 aromatic rings. The van der Waals surface area contributed by atoms with Gasteiger partial charge < -0.3 is 0 Å². The molecule has 0 heterocycles. The van der Waals surface area contributed by atoms with Crippen LogP contribution in [-0.4, -0.2) is 0 Å². The molecule has 0 radical (unpaired) electrons. The van der Waals surface area contributed by atoms with Crippen LogP contribution in [0.5, 0.6) is 0 Å². The predicted molar refractivity (Wildman–Crippen MR) is 69.1 cm³/mol. The summed E-state index contributed by atoms with van der Waals surface area (Å²) in [5.74, 6) is -0.416. The van der Waals surface area contributed by atoms with Gasteiger partial charge in [0.1, 0.15) is 11.6 Å². The highest BCUT2D eigenvalue weighted by Crippen LogP contribution is 2.74. The molecule has 3 heteroatoms. The Bertz CT molecular complexity index is 438. The van der Waals surface area contributed by atoms with Gasteiger partial charge in [0.05, 0.1) is 0 Å². The van der Waals surface area contributed by atoms with Gasteiger partial charge in [0, 0.05) is 10.4 Å². The van der Waals surface area contributed by atoms with Gasteiger partial charge in [0.25, 0.3) is 0 Å². The molecule has 0 saturated heterocycles. The second-order valence-electron chi connectivity index (χ2n) is 5.99. The van der Waals surface area contributed by atoms with Crippen LogP contribution in [0.15, 0.2) is 18.2 Å². The Morgan fingerprint density at radius 3 is 2.12 bits per heavy atom. The first-order valence-corrected chi connectivity index (χ1v) is 6.70. The van der Waals surface area contributed by atoms with E-state index >= 15 is 0 Å². The molecule has 1 aliphatic rings. The lowest BCUT2D eigenvalue weighted by atomic mass is 10.0. The molecular formula is C14H17BrF2. The van der Waals surface area contributed by atoms with Gasteiger partial charge in [-0.2, -0.15) is 0 Å². The van der Waals surface area contributed by atoms with Gasteiger partial charge in [-0.1, -0.05) is 43.6 Å². The number of alkyl halides is 1. The van der Waals surface area contributed by atoms with E-state index in [1.165, 1.54) is 12.1 Å². The molecule has 1 aromatic carbocycles. The van der Waals surface area contributed by atoms with E-state index in [1.54, 1.807) is 0 Å². The van der Waals surface area contributed by atoms with Crippen molar-refractivity contribution in [3.63, 3.8) is 0 Å².